The number of nitrogens with one attached hydrogen (secondary N) is 1. The average Bonchev–Trinajstić information content (AvgIpc) is 2.27. The van der Waals surface area contributed by atoms with Gasteiger partial charge in [0, 0.05) is 31.4 Å². The first-order valence-electron chi connectivity index (χ1n) is 5.59. The summed E-state index contributed by atoms with van der Waals surface area (Å²) in [4.78, 5) is 4.28. The second-order valence-corrected chi connectivity index (χ2v) is 4.23. The SMILES string of the molecule is CC(C)Nc1cccnc1CC(CO)CO. The van der Waals surface area contributed by atoms with Gasteiger partial charge in [-0.15, -0.1) is 0 Å². The Morgan fingerprint density at radius 2 is 2.00 bits per heavy atom. The van der Waals surface area contributed by atoms with Crippen LogP contribution in [0.4, 0.5) is 5.69 Å². The lowest BCUT2D eigenvalue weighted by Gasteiger charge is -2.16. The summed E-state index contributed by atoms with van der Waals surface area (Å²) in [6, 6.07) is 4.18. The molecule has 4 heteroatoms. The number of rotatable bonds is 6. The first-order valence-corrected chi connectivity index (χ1v) is 5.59. The van der Waals surface area contributed by atoms with Crippen LogP contribution in [0.1, 0.15) is 19.5 Å². The predicted octanol–water partition coefficient (Wildman–Crippen LogP) is 1.05. The van der Waals surface area contributed by atoms with Gasteiger partial charge in [0.05, 0.1) is 11.4 Å². The summed E-state index contributed by atoms with van der Waals surface area (Å²) in [7, 11) is 0. The normalized spacial score (nSPS) is 11.1. The van der Waals surface area contributed by atoms with Crippen LogP contribution in [0.15, 0.2) is 18.3 Å². The molecule has 3 N–H and O–H groups in total. The topological polar surface area (TPSA) is 65.4 Å². The van der Waals surface area contributed by atoms with Crippen molar-refractivity contribution < 1.29 is 10.2 Å². The monoisotopic (exact) mass is 224 g/mol. The lowest BCUT2D eigenvalue weighted by molar-refractivity contribution is 0.149. The standard InChI is InChI=1S/C12H20N2O2/c1-9(2)14-11-4-3-5-13-12(11)6-10(7-15)8-16/h3-5,9-10,14-16H,6-8H2,1-2H3. The van der Waals surface area contributed by atoms with Gasteiger partial charge >= 0.3 is 0 Å². The largest absolute Gasteiger partial charge is 0.396 e. The molecule has 0 aliphatic heterocycles. The molecular weight excluding hydrogens is 204 g/mol. The fraction of sp³-hybridized carbons (Fsp3) is 0.583. The van der Waals surface area contributed by atoms with Gasteiger partial charge < -0.3 is 15.5 Å². The first kappa shape index (κ1) is 12.9. The van der Waals surface area contributed by atoms with Crippen molar-refractivity contribution in [3.05, 3.63) is 24.0 Å². The van der Waals surface area contributed by atoms with E-state index in [0.29, 0.717) is 12.5 Å². The highest BCUT2D eigenvalue weighted by molar-refractivity contribution is 5.48. The molecule has 1 aromatic rings. The van der Waals surface area contributed by atoms with Crippen molar-refractivity contribution in [1.82, 2.24) is 4.98 Å². The van der Waals surface area contributed by atoms with Crippen molar-refractivity contribution >= 4 is 5.69 Å². The Kier molecular flexibility index (Phi) is 5.22. The lowest BCUT2D eigenvalue weighted by atomic mass is 10.0. The molecule has 0 amide bonds. The minimum Gasteiger partial charge on any atom is -0.396 e. The van der Waals surface area contributed by atoms with Gasteiger partial charge in [0.25, 0.3) is 0 Å². The van der Waals surface area contributed by atoms with Gasteiger partial charge in [-0.05, 0) is 32.4 Å². The van der Waals surface area contributed by atoms with Crippen LogP contribution in [0.2, 0.25) is 0 Å². The van der Waals surface area contributed by atoms with Crippen LogP contribution in [0.5, 0.6) is 0 Å². The second-order valence-electron chi connectivity index (χ2n) is 4.23. The third-order valence-electron chi connectivity index (χ3n) is 2.33. The van der Waals surface area contributed by atoms with Crippen molar-refractivity contribution in [2.24, 2.45) is 5.92 Å². The van der Waals surface area contributed by atoms with E-state index in [1.165, 1.54) is 0 Å². The summed E-state index contributed by atoms with van der Waals surface area (Å²) in [6.45, 7) is 4.08. The van der Waals surface area contributed by atoms with E-state index >= 15 is 0 Å². The highest BCUT2D eigenvalue weighted by Gasteiger charge is 2.11. The van der Waals surface area contributed by atoms with Crippen LogP contribution >= 0.6 is 0 Å². The molecule has 1 heterocycles. The highest BCUT2D eigenvalue weighted by Crippen LogP contribution is 2.17. The smallest absolute Gasteiger partial charge is 0.0639 e. The fourth-order valence-corrected chi connectivity index (χ4v) is 1.50. The third kappa shape index (κ3) is 3.79. The molecule has 0 aromatic carbocycles. The summed E-state index contributed by atoms with van der Waals surface area (Å²) in [5.74, 6) is -0.136. The number of anilines is 1. The number of pyridine rings is 1. The Bertz CT molecular complexity index is 312. The van der Waals surface area contributed by atoms with Gasteiger partial charge in [0.2, 0.25) is 0 Å². The van der Waals surface area contributed by atoms with Gasteiger partial charge in [0.15, 0.2) is 0 Å². The zero-order valence-electron chi connectivity index (χ0n) is 9.85. The minimum absolute atomic E-state index is 0.0196. The van der Waals surface area contributed by atoms with Crippen LogP contribution in [-0.2, 0) is 6.42 Å². The zero-order chi connectivity index (χ0) is 12.0. The van der Waals surface area contributed by atoms with E-state index in [2.05, 4.69) is 24.1 Å². The molecule has 4 nitrogen and oxygen atoms in total. The van der Waals surface area contributed by atoms with Crippen molar-refractivity contribution in [2.75, 3.05) is 18.5 Å². The van der Waals surface area contributed by atoms with E-state index < -0.39 is 0 Å². The molecular formula is C12H20N2O2. The summed E-state index contributed by atoms with van der Waals surface area (Å²) >= 11 is 0. The molecule has 0 fully saturated rings. The van der Waals surface area contributed by atoms with Gasteiger partial charge in [0.1, 0.15) is 0 Å². The van der Waals surface area contributed by atoms with Crippen molar-refractivity contribution in [1.29, 1.82) is 0 Å². The maximum absolute atomic E-state index is 9.05. The molecule has 0 saturated heterocycles. The summed E-state index contributed by atoms with van der Waals surface area (Å²) in [6.07, 6.45) is 2.32. The number of aliphatic hydroxyl groups excluding tert-OH is 2. The molecule has 90 valence electrons. The molecule has 1 rings (SSSR count). The summed E-state index contributed by atoms with van der Waals surface area (Å²) in [5.41, 5.74) is 1.87. The average molecular weight is 224 g/mol. The number of hydrogen-bond acceptors (Lipinski definition) is 4. The third-order valence-corrected chi connectivity index (χ3v) is 2.33. The van der Waals surface area contributed by atoms with E-state index in [4.69, 9.17) is 10.2 Å². The second kappa shape index (κ2) is 6.45. The van der Waals surface area contributed by atoms with Crippen LogP contribution < -0.4 is 5.32 Å². The van der Waals surface area contributed by atoms with E-state index in [-0.39, 0.29) is 19.1 Å². The van der Waals surface area contributed by atoms with E-state index in [1.54, 1.807) is 6.20 Å². The number of nitrogens with zero attached hydrogens (tertiary/aromatic N) is 1. The zero-order valence-corrected chi connectivity index (χ0v) is 9.85. The Morgan fingerprint density at radius 3 is 2.56 bits per heavy atom. The van der Waals surface area contributed by atoms with Crippen LogP contribution in [0.3, 0.4) is 0 Å². The van der Waals surface area contributed by atoms with Gasteiger partial charge in [-0.2, -0.15) is 0 Å². The molecule has 1 aromatic heterocycles. The van der Waals surface area contributed by atoms with E-state index in [0.717, 1.165) is 11.4 Å². The van der Waals surface area contributed by atoms with Crippen LogP contribution in [0, 0.1) is 5.92 Å². The summed E-state index contributed by atoms with van der Waals surface area (Å²) < 4.78 is 0. The maximum Gasteiger partial charge on any atom is 0.0639 e. The van der Waals surface area contributed by atoms with E-state index in [1.807, 2.05) is 12.1 Å². The molecule has 0 aliphatic rings. The van der Waals surface area contributed by atoms with Crippen molar-refractivity contribution in [3.63, 3.8) is 0 Å². The highest BCUT2D eigenvalue weighted by atomic mass is 16.3. The lowest BCUT2D eigenvalue weighted by Crippen LogP contribution is -2.18. The van der Waals surface area contributed by atoms with Gasteiger partial charge in [-0.3, -0.25) is 4.98 Å². The molecule has 0 spiro atoms. The minimum atomic E-state index is -0.136. The predicted molar refractivity (Wildman–Crippen MR) is 64.4 cm³/mol. The Hall–Kier alpha value is -1.13. The van der Waals surface area contributed by atoms with Gasteiger partial charge in [-0.25, -0.2) is 0 Å². The van der Waals surface area contributed by atoms with Crippen LogP contribution in [-0.4, -0.2) is 34.5 Å². The Morgan fingerprint density at radius 1 is 1.31 bits per heavy atom. The molecule has 0 atom stereocenters. The number of aromatic nitrogens is 1. The van der Waals surface area contributed by atoms with Gasteiger partial charge in [-0.1, -0.05) is 0 Å². The van der Waals surface area contributed by atoms with Crippen molar-refractivity contribution in [3.8, 4) is 0 Å². The number of aliphatic hydroxyl groups is 2. The molecule has 16 heavy (non-hydrogen) atoms. The van der Waals surface area contributed by atoms with Crippen LogP contribution in [0.25, 0.3) is 0 Å². The first-order chi connectivity index (χ1) is 7.67. The van der Waals surface area contributed by atoms with Crippen molar-refractivity contribution in [2.45, 2.75) is 26.3 Å². The maximum atomic E-state index is 9.05. The number of hydrogen-bond donors (Lipinski definition) is 3. The summed E-state index contributed by atoms with van der Waals surface area (Å²) in [5, 5.41) is 21.4. The quantitative estimate of drug-likeness (QED) is 0.675. The molecule has 0 radical (unpaired) electrons. The molecule has 0 unspecified atom stereocenters. The molecule has 0 aliphatic carbocycles. The molecule has 0 saturated carbocycles. The Balaban J connectivity index is 2.77. The Labute approximate surface area is 96.3 Å². The fourth-order valence-electron chi connectivity index (χ4n) is 1.50. The van der Waals surface area contributed by atoms with E-state index in [9.17, 15) is 0 Å². The molecule has 0 bridgehead atoms.